The number of fused-ring (bicyclic) bond motifs is 2. The Hall–Kier alpha value is -3.54. The van der Waals surface area contributed by atoms with Gasteiger partial charge in [-0.3, -0.25) is 9.78 Å². The number of hydrogen-bond donors (Lipinski definition) is 2. The Morgan fingerprint density at radius 1 is 1.12 bits per heavy atom. The molecule has 0 aliphatic heterocycles. The monoisotopic (exact) mass is 333 g/mol. The third-order valence-electron chi connectivity index (χ3n) is 4.04. The molecule has 0 unspecified atom stereocenters. The number of ether oxygens (including phenoxy) is 2. The van der Waals surface area contributed by atoms with Crippen molar-refractivity contribution in [3.63, 3.8) is 0 Å². The molecule has 6 nitrogen and oxygen atoms in total. The van der Waals surface area contributed by atoms with Crippen LogP contribution >= 0.6 is 0 Å². The maximum absolute atomic E-state index is 11.7. The van der Waals surface area contributed by atoms with Gasteiger partial charge in [-0.2, -0.15) is 0 Å². The second-order valence-corrected chi connectivity index (χ2v) is 5.57. The minimum Gasteiger partial charge on any atom is -0.496 e. The summed E-state index contributed by atoms with van der Waals surface area (Å²) in [6.07, 6.45) is 3.53. The van der Waals surface area contributed by atoms with Crippen molar-refractivity contribution in [2.45, 2.75) is 0 Å². The summed E-state index contributed by atoms with van der Waals surface area (Å²) in [6, 6.07) is 12.8. The van der Waals surface area contributed by atoms with Crippen molar-refractivity contribution in [2.24, 2.45) is 5.73 Å². The number of aromatic nitrogens is 2. The Morgan fingerprint density at radius 2 is 2.00 bits per heavy atom. The van der Waals surface area contributed by atoms with Gasteiger partial charge in [-0.1, -0.05) is 0 Å². The highest BCUT2D eigenvalue weighted by atomic mass is 16.5. The molecular formula is C19H15N3O3. The summed E-state index contributed by atoms with van der Waals surface area (Å²) >= 11 is 0. The number of carbonyl (C=O) groups is 1. The average molecular weight is 333 g/mol. The summed E-state index contributed by atoms with van der Waals surface area (Å²) in [6.45, 7) is 0. The summed E-state index contributed by atoms with van der Waals surface area (Å²) in [4.78, 5) is 19.1. The molecule has 2 aromatic carbocycles. The van der Waals surface area contributed by atoms with Crippen LogP contribution in [0.1, 0.15) is 10.4 Å². The lowest BCUT2D eigenvalue weighted by Gasteiger charge is -2.11. The van der Waals surface area contributed by atoms with Crippen molar-refractivity contribution in [3.05, 3.63) is 60.4 Å². The van der Waals surface area contributed by atoms with E-state index in [9.17, 15) is 4.79 Å². The largest absolute Gasteiger partial charge is 0.496 e. The number of hydrogen-bond acceptors (Lipinski definition) is 4. The number of nitrogens with one attached hydrogen (secondary N) is 1. The fourth-order valence-electron chi connectivity index (χ4n) is 2.82. The van der Waals surface area contributed by atoms with Crippen LogP contribution < -0.4 is 15.2 Å². The van der Waals surface area contributed by atoms with E-state index < -0.39 is 5.91 Å². The topological polar surface area (TPSA) is 90.2 Å². The van der Waals surface area contributed by atoms with Crippen LogP contribution in [-0.2, 0) is 0 Å². The number of primary amides is 1. The molecule has 1 amide bonds. The Morgan fingerprint density at radius 3 is 2.80 bits per heavy atom. The highest BCUT2D eigenvalue weighted by molar-refractivity contribution is 6.01. The van der Waals surface area contributed by atoms with Gasteiger partial charge in [0.2, 0.25) is 0 Å². The van der Waals surface area contributed by atoms with Crippen LogP contribution in [0, 0.1) is 0 Å². The molecule has 3 N–H and O–H groups in total. The van der Waals surface area contributed by atoms with Gasteiger partial charge in [-0.25, -0.2) is 0 Å². The summed E-state index contributed by atoms with van der Waals surface area (Å²) < 4.78 is 11.3. The molecule has 2 heterocycles. The quantitative estimate of drug-likeness (QED) is 0.597. The van der Waals surface area contributed by atoms with Crippen molar-refractivity contribution >= 4 is 27.7 Å². The van der Waals surface area contributed by atoms with Crippen LogP contribution in [0.3, 0.4) is 0 Å². The second kappa shape index (κ2) is 5.83. The van der Waals surface area contributed by atoms with Crippen molar-refractivity contribution in [3.8, 4) is 17.2 Å². The lowest BCUT2D eigenvalue weighted by Crippen LogP contribution is -2.12. The number of nitrogens with zero attached hydrogens (tertiary/aromatic N) is 1. The first-order chi connectivity index (χ1) is 12.2. The van der Waals surface area contributed by atoms with E-state index in [0.717, 1.165) is 10.9 Å². The normalized spacial score (nSPS) is 10.9. The van der Waals surface area contributed by atoms with Gasteiger partial charge >= 0.3 is 0 Å². The first kappa shape index (κ1) is 15.0. The molecule has 0 bridgehead atoms. The van der Waals surface area contributed by atoms with Gasteiger partial charge in [0, 0.05) is 34.7 Å². The fraction of sp³-hybridized carbons (Fsp3) is 0.0526. The van der Waals surface area contributed by atoms with Crippen LogP contribution in [0.2, 0.25) is 0 Å². The summed E-state index contributed by atoms with van der Waals surface area (Å²) in [7, 11) is 1.49. The number of benzene rings is 2. The van der Waals surface area contributed by atoms with E-state index in [2.05, 4.69) is 9.97 Å². The van der Waals surface area contributed by atoms with E-state index in [1.165, 1.54) is 7.11 Å². The molecule has 0 atom stereocenters. The molecule has 0 fully saturated rings. The highest BCUT2D eigenvalue weighted by Gasteiger charge is 2.14. The fourth-order valence-corrected chi connectivity index (χ4v) is 2.82. The van der Waals surface area contributed by atoms with E-state index >= 15 is 0 Å². The number of nitrogens with two attached hydrogens (primary N) is 1. The van der Waals surface area contributed by atoms with Gasteiger partial charge in [0.1, 0.15) is 17.2 Å². The number of methoxy groups -OCH3 is 1. The molecule has 4 rings (SSSR count). The molecule has 0 spiro atoms. The lowest BCUT2D eigenvalue weighted by atomic mass is 10.1. The molecule has 0 aliphatic rings. The highest BCUT2D eigenvalue weighted by Crippen LogP contribution is 2.33. The van der Waals surface area contributed by atoms with Gasteiger partial charge in [0.05, 0.1) is 18.2 Å². The maximum Gasteiger partial charge on any atom is 0.252 e. The number of H-pyrrole nitrogens is 1. The SMILES string of the molecule is COc1cc2nccc(Oc3ccc4[nH]ccc4c3)c2cc1C(N)=O. The van der Waals surface area contributed by atoms with Gasteiger partial charge in [0.15, 0.2) is 0 Å². The number of carbonyl (C=O) groups excluding carboxylic acids is 1. The zero-order chi connectivity index (χ0) is 17.4. The van der Waals surface area contributed by atoms with Gasteiger partial charge in [-0.15, -0.1) is 0 Å². The molecule has 25 heavy (non-hydrogen) atoms. The van der Waals surface area contributed by atoms with Gasteiger partial charge in [-0.05, 0) is 36.4 Å². The number of rotatable bonds is 4. The van der Waals surface area contributed by atoms with E-state index in [1.807, 2.05) is 30.5 Å². The minimum atomic E-state index is -0.567. The van der Waals surface area contributed by atoms with Crippen molar-refractivity contribution in [1.82, 2.24) is 9.97 Å². The smallest absolute Gasteiger partial charge is 0.252 e. The Balaban J connectivity index is 1.83. The van der Waals surface area contributed by atoms with Crippen LogP contribution in [0.4, 0.5) is 0 Å². The number of aromatic amines is 1. The molecule has 124 valence electrons. The first-order valence-corrected chi connectivity index (χ1v) is 7.67. The molecule has 4 aromatic rings. The van der Waals surface area contributed by atoms with Crippen molar-refractivity contribution in [2.75, 3.05) is 7.11 Å². The third-order valence-corrected chi connectivity index (χ3v) is 4.04. The molecular weight excluding hydrogens is 318 g/mol. The first-order valence-electron chi connectivity index (χ1n) is 7.67. The van der Waals surface area contributed by atoms with Gasteiger partial charge < -0.3 is 20.2 Å². The van der Waals surface area contributed by atoms with Crippen molar-refractivity contribution < 1.29 is 14.3 Å². The average Bonchev–Trinajstić information content (AvgIpc) is 3.08. The molecule has 2 aromatic heterocycles. The number of pyridine rings is 1. The standard InChI is InChI=1S/C19H15N3O3/c1-24-18-10-16-13(9-14(18)19(20)23)17(5-7-22-16)25-12-2-3-15-11(8-12)4-6-21-15/h2-10,21H,1H3,(H2,20,23). The molecule has 0 aliphatic carbocycles. The van der Waals surface area contributed by atoms with Gasteiger partial charge in [0.25, 0.3) is 5.91 Å². The lowest BCUT2D eigenvalue weighted by molar-refractivity contribution is 0.0997. The third kappa shape index (κ3) is 2.63. The molecule has 0 saturated heterocycles. The predicted octanol–water partition coefficient (Wildman–Crippen LogP) is 3.62. The summed E-state index contributed by atoms with van der Waals surface area (Å²) in [5, 5.41) is 1.74. The molecule has 0 radical (unpaired) electrons. The van der Waals surface area contributed by atoms with E-state index in [4.69, 9.17) is 15.2 Å². The minimum absolute atomic E-state index is 0.286. The summed E-state index contributed by atoms with van der Waals surface area (Å²) in [5.74, 6) is 1.10. The van der Waals surface area contributed by atoms with E-state index in [-0.39, 0.29) is 5.56 Å². The van der Waals surface area contributed by atoms with Crippen LogP contribution in [0.15, 0.2) is 54.9 Å². The second-order valence-electron chi connectivity index (χ2n) is 5.57. The van der Waals surface area contributed by atoms with E-state index in [0.29, 0.717) is 28.2 Å². The maximum atomic E-state index is 11.7. The zero-order valence-corrected chi connectivity index (χ0v) is 13.4. The van der Waals surface area contributed by atoms with Crippen LogP contribution in [0.25, 0.3) is 21.8 Å². The number of amides is 1. The Labute approximate surface area is 143 Å². The van der Waals surface area contributed by atoms with E-state index in [1.54, 1.807) is 24.4 Å². The van der Waals surface area contributed by atoms with Crippen LogP contribution in [0.5, 0.6) is 17.2 Å². The Kier molecular flexibility index (Phi) is 3.50. The Bertz CT molecular complexity index is 1100. The van der Waals surface area contributed by atoms with Crippen molar-refractivity contribution in [1.29, 1.82) is 0 Å². The molecule has 0 saturated carbocycles. The zero-order valence-electron chi connectivity index (χ0n) is 13.4. The summed E-state index contributed by atoms with van der Waals surface area (Å²) in [5.41, 5.74) is 7.43. The predicted molar refractivity (Wildman–Crippen MR) is 95.2 cm³/mol. The van der Waals surface area contributed by atoms with Crippen LogP contribution in [-0.4, -0.2) is 23.0 Å². The molecule has 6 heteroatoms.